The average molecular weight is 425 g/mol. The number of fused-ring (bicyclic) bond motifs is 1. The van der Waals surface area contributed by atoms with Crippen molar-refractivity contribution in [2.24, 2.45) is 5.92 Å². The molecule has 8 nitrogen and oxygen atoms in total. The molecule has 0 amide bonds. The van der Waals surface area contributed by atoms with Crippen molar-refractivity contribution in [3.63, 3.8) is 0 Å². The molecule has 1 aliphatic rings. The normalized spacial score (nSPS) is 16.2. The molecule has 1 aliphatic heterocycles. The molecule has 0 spiro atoms. The van der Waals surface area contributed by atoms with Crippen LogP contribution in [0.2, 0.25) is 0 Å². The van der Waals surface area contributed by atoms with E-state index in [1.54, 1.807) is 23.0 Å². The molecule has 1 atom stereocenters. The summed E-state index contributed by atoms with van der Waals surface area (Å²) in [5.74, 6) is 2.63. The van der Waals surface area contributed by atoms with Gasteiger partial charge >= 0.3 is 0 Å². The fraction of sp³-hybridized carbons (Fsp3) is 0.250. The summed E-state index contributed by atoms with van der Waals surface area (Å²) in [6.45, 7) is 2.77. The summed E-state index contributed by atoms with van der Waals surface area (Å²) < 4.78 is 7.98. The fourth-order valence-electron chi connectivity index (χ4n) is 4.01. The summed E-state index contributed by atoms with van der Waals surface area (Å²) in [5, 5.41) is 17.1. The minimum Gasteiger partial charge on any atom is -0.491 e. The number of aromatic nitrogens is 4. The van der Waals surface area contributed by atoms with E-state index in [2.05, 4.69) is 38.4 Å². The van der Waals surface area contributed by atoms with E-state index in [-0.39, 0.29) is 0 Å². The van der Waals surface area contributed by atoms with E-state index >= 15 is 0 Å². The van der Waals surface area contributed by atoms with Crippen LogP contribution in [-0.4, -0.2) is 51.2 Å². The predicted octanol–water partition coefficient (Wildman–Crippen LogP) is 3.74. The van der Waals surface area contributed by atoms with Crippen LogP contribution < -0.4 is 10.1 Å². The average Bonchev–Trinajstić information content (AvgIpc) is 3.42. The Morgan fingerprint density at radius 3 is 2.91 bits per heavy atom. The molecule has 8 heteroatoms. The van der Waals surface area contributed by atoms with Crippen molar-refractivity contribution < 1.29 is 4.74 Å². The number of anilines is 2. The van der Waals surface area contributed by atoms with Crippen molar-refractivity contribution in [2.75, 3.05) is 32.1 Å². The zero-order chi connectivity index (χ0) is 21.9. The molecule has 5 rings (SSSR count). The Labute approximate surface area is 186 Å². The van der Waals surface area contributed by atoms with Gasteiger partial charge in [-0.3, -0.25) is 0 Å². The first-order valence-corrected chi connectivity index (χ1v) is 10.6. The molecule has 1 fully saturated rings. The highest BCUT2D eigenvalue weighted by Crippen LogP contribution is 2.32. The lowest BCUT2D eigenvalue weighted by atomic mass is 10.1. The molecule has 0 unspecified atom stereocenters. The third kappa shape index (κ3) is 4.24. The second-order valence-corrected chi connectivity index (χ2v) is 8.06. The number of likely N-dealkylation sites (tertiary alicyclic amines) is 1. The number of nitriles is 1. The number of ether oxygens (including phenoxy) is 1. The third-order valence-corrected chi connectivity index (χ3v) is 5.64. The van der Waals surface area contributed by atoms with E-state index in [1.807, 2.05) is 42.6 Å². The van der Waals surface area contributed by atoms with Gasteiger partial charge in [0.2, 0.25) is 0 Å². The number of hydrogen-bond acceptors (Lipinski definition) is 7. The molecule has 1 N–H and O–H groups in total. The molecule has 0 saturated carbocycles. The zero-order valence-electron chi connectivity index (χ0n) is 17.8. The van der Waals surface area contributed by atoms with Crippen LogP contribution in [0.25, 0.3) is 16.6 Å². The maximum absolute atomic E-state index is 9.36. The third-order valence-electron chi connectivity index (χ3n) is 5.64. The molecule has 0 radical (unpaired) electrons. The topological polar surface area (TPSA) is 91.4 Å². The van der Waals surface area contributed by atoms with Gasteiger partial charge in [-0.1, -0.05) is 6.07 Å². The van der Waals surface area contributed by atoms with Crippen molar-refractivity contribution >= 4 is 17.2 Å². The molecule has 0 bridgehead atoms. The smallest absolute Gasteiger partial charge is 0.154 e. The highest BCUT2D eigenvalue weighted by Gasteiger charge is 2.21. The number of nitrogens with one attached hydrogen (secondary N) is 1. The highest BCUT2D eigenvalue weighted by molar-refractivity contribution is 5.75. The Bertz CT molecular complexity index is 1280. The van der Waals surface area contributed by atoms with Crippen molar-refractivity contribution in [1.29, 1.82) is 5.26 Å². The van der Waals surface area contributed by atoms with E-state index in [1.165, 1.54) is 0 Å². The maximum atomic E-state index is 9.36. The van der Waals surface area contributed by atoms with Crippen LogP contribution in [0.4, 0.5) is 11.6 Å². The lowest BCUT2D eigenvalue weighted by Crippen LogP contribution is -2.18. The number of rotatable bonds is 6. The predicted molar refractivity (Wildman–Crippen MR) is 122 cm³/mol. The van der Waals surface area contributed by atoms with Crippen LogP contribution in [0.15, 0.2) is 61.1 Å². The summed E-state index contributed by atoms with van der Waals surface area (Å²) >= 11 is 0. The van der Waals surface area contributed by atoms with E-state index in [9.17, 15) is 5.26 Å². The molecule has 32 heavy (non-hydrogen) atoms. The van der Waals surface area contributed by atoms with Gasteiger partial charge < -0.3 is 15.0 Å². The van der Waals surface area contributed by atoms with E-state index in [0.29, 0.717) is 29.8 Å². The Hall–Kier alpha value is -3.96. The highest BCUT2D eigenvalue weighted by atomic mass is 16.5. The standard InChI is InChI=1S/C24H23N7O/c1-30-8-5-17(15-30)16-32-22-14-27-19(13-25)11-21(22)18-6-9-31-20(10-18)12-24(29-31)28-23-4-2-3-7-26-23/h2-4,6-7,9-12,14,17H,5,8,15-16H2,1H3,(H,26,28,29)/t17-/m1/s1. The Kier molecular flexibility index (Phi) is 5.40. The van der Waals surface area contributed by atoms with E-state index in [0.717, 1.165) is 42.0 Å². The zero-order valence-corrected chi connectivity index (χ0v) is 17.8. The van der Waals surface area contributed by atoms with Crippen LogP contribution in [0.5, 0.6) is 5.75 Å². The number of hydrogen-bond donors (Lipinski definition) is 1. The van der Waals surface area contributed by atoms with E-state index in [4.69, 9.17) is 4.74 Å². The van der Waals surface area contributed by atoms with Gasteiger partial charge in [0.05, 0.1) is 18.3 Å². The van der Waals surface area contributed by atoms with Gasteiger partial charge in [0.15, 0.2) is 5.82 Å². The lowest BCUT2D eigenvalue weighted by Gasteiger charge is -2.15. The monoisotopic (exact) mass is 425 g/mol. The lowest BCUT2D eigenvalue weighted by molar-refractivity contribution is 0.249. The van der Waals surface area contributed by atoms with Crippen molar-refractivity contribution in [1.82, 2.24) is 24.5 Å². The quantitative estimate of drug-likeness (QED) is 0.503. The molecule has 4 aromatic rings. The SMILES string of the molecule is CN1CC[C@@H](COc2cnc(C#N)cc2-c2ccn3nc(Nc4ccccn4)cc3c2)C1. The molecular weight excluding hydrogens is 402 g/mol. The van der Waals surface area contributed by atoms with Crippen LogP contribution in [0, 0.1) is 17.2 Å². The molecule has 0 aromatic carbocycles. The first-order chi connectivity index (χ1) is 15.7. The molecule has 1 saturated heterocycles. The second kappa shape index (κ2) is 8.65. The van der Waals surface area contributed by atoms with Crippen LogP contribution in [-0.2, 0) is 0 Å². The van der Waals surface area contributed by atoms with Gasteiger partial charge in [-0.2, -0.15) is 10.4 Å². The summed E-state index contributed by atoms with van der Waals surface area (Å²) in [5.41, 5.74) is 3.07. The van der Waals surface area contributed by atoms with Crippen molar-refractivity contribution in [2.45, 2.75) is 6.42 Å². The van der Waals surface area contributed by atoms with Gasteiger partial charge in [-0.25, -0.2) is 14.5 Å². The van der Waals surface area contributed by atoms with Gasteiger partial charge in [0, 0.05) is 36.5 Å². The van der Waals surface area contributed by atoms with E-state index < -0.39 is 0 Å². The summed E-state index contributed by atoms with van der Waals surface area (Å²) in [6.07, 6.45) is 6.42. The van der Waals surface area contributed by atoms with Gasteiger partial charge in [-0.15, -0.1) is 0 Å². The van der Waals surface area contributed by atoms with Crippen molar-refractivity contribution in [3.8, 4) is 22.9 Å². The Balaban J connectivity index is 1.43. The molecule has 0 aliphatic carbocycles. The van der Waals surface area contributed by atoms with Crippen LogP contribution >= 0.6 is 0 Å². The molecule has 160 valence electrons. The Morgan fingerprint density at radius 1 is 1.19 bits per heavy atom. The largest absolute Gasteiger partial charge is 0.491 e. The van der Waals surface area contributed by atoms with Gasteiger partial charge in [0.25, 0.3) is 0 Å². The summed E-state index contributed by atoms with van der Waals surface area (Å²) in [7, 11) is 2.13. The van der Waals surface area contributed by atoms with Gasteiger partial charge in [-0.05, 0) is 55.9 Å². The molecular formula is C24H23N7O. The van der Waals surface area contributed by atoms with Crippen LogP contribution in [0.1, 0.15) is 12.1 Å². The first kappa shape index (κ1) is 20.0. The molecule has 5 heterocycles. The van der Waals surface area contributed by atoms with Crippen molar-refractivity contribution in [3.05, 3.63) is 66.7 Å². The first-order valence-electron chi connectivity index (χ1n) is 10.6. The fourth-order valence-corrected chi connectivity index (χ4v) is 4.01. The number of nitrogens with zero attached hydrogens (tertiary/aromatic N) is 6. The number of pyridine rings is 3. The summed E-state index contributed by atoms with van der Waals surface area (Å²) in [6, 6.07) is 15.6. The molecule has 4 aromatic heterocycles. The minimum absolute atomic E-state index is 0.360. The Morgan fingerprint density at radius 2 is 2.12 bits per heavy atom. The van der Waals surface area contributed by atoms with Crippen LogP contribution in [0.3, 0.4) is 0 Å². The summed E-state index contributed by atoms with van der Waals surface area (Å²) in [4.78, 5) is 10.8. The second-order valence-electron chi connectivity index (χ2n) is 8.06. The minimum atomic E-state index is 0.360. The van der Waals surface area contributed by atoms with Gasteiger partial charge in [0.1, 0.15) is 23.3 Å². The maximum Gasteiger partial charge on any atom is 0.154 e.